The van der Waals surface area contributed by atoms with Gasteiger partial charge in [0.1, 0.15) is 12.1 Å². The van der Waals surface area contributed by atoms with Crippen molar-refractivity contribution < 1.29 is 27.5 Å². The molecule has 1 aliphatic heterocycles. The number of halogens is 3. The van der Waals surface area contributed by atoms with Gasteiger partial charge in [0.25, 0.3) is 11.5 Å². The molecule has 0 radical (unpaired) electrons. The molecule has 0 spiro atoms. The van der Waals surface area contributed by atoms with Crippen LogP contribution < -0.4 is 4.90 Å². The van der Waals surface area contributed by atoms with Crippen molar-refractivity contribution in [1.82, 2.24) is 0 Å². The lowest BCUT2D eigenvalue weighted by Gasteiger charge is -2.22. The molecule has 2 rings (SSSR count). The highest BCUT2D eigenvalue weighted by Gasteiger charge is 2.67. The lowest BCUT2D eigenvalue weighted by atomic mass is 10.0. The summed E-state index contributed by atoms with van der Waals surface area (Å²) in [5.41, 5.74) is -3.78. The summed E-state index contributed by atoms with van der Waals surface area (Å²) in [4.78, 5) is 23.8. The van der Waals surface area contributed by atoms with Crippen molar-refractivity contribution >= 4 is 17.7 Å². The Hall–Kier alpha value is -3.07. The number of carbonyl (C=O) groups is 2. The number of ether oxygens (including phenoxy) is 1. The number of rotatable bonds is 1. The van der Waals surface area contributed by atoms with Gasteiger partial charge in [0, 0.05) is 0 Å². The molecular weight excluding hydrogens is 303 g/mol. The molecule has 0 saturated carbocycles. The molecule has 9 heteroatoms. The molecule has 0 aliphatic carbocycles. The minimum atomic E-state index is -5.08. The van der Waals surface area contributed by atoms with Crippen LogP contribution in [-0.2, 0) is 9.53 Å². The molecule has 112 valence electrons. The molecule has 2 amide bonds. The van der Waals surface area contributed by atoms with Gasteiger partial charge in [-0.25, -0.2) is 9.69 Å². The van der Waals surface area contributed by atoms with E-state index in [1.54, 1.807) is 12.1 Å². The third kappa shape index (κ3) is 2.04. The van der Waals surface area contributed by atoms with Gasteiger partial charge in [-0.1, -0.05) is 0 Å². The van der Waals surface area contributed by atoms with Gasteiger partial charge in [0.05, 0.1) is 16.8 Å². The Morgan fingerprint density at radius 2 is 1.77 bits per heavy atom. The molecule has 1 unspecified atom stereocenters. The predicted octanol–water partition coefficient (Wildman–Crippen LogP) is 2.23. The summed E-state index contributed by atoms with van der Waals surface area (Å²) in [7, 11) is 0. The smallest absolute Gasteiger partial charge is 0.422 e. The van der Waals surface area contributed by atoms with Crippen LogP contribution in [0.5, 0.6) is 0 Å². The third-order valence-corrected chi connectivity index (χ3v) is 3.13. The number of anilines is 1. The zero-order valence-electron chi connectivity index (χ0n) is 10.9. The van der Waals surface area contributed by atoms with E-state index in [-0.39, 0.29) is 21.7 Å². The molecule has 0 bridgehead atoms. The number of carbonyl (C=O) groups excluding carboxylic acids is 2. The minimum Gasteiger partial charge on any atom is -0.422 e. The molecule has 1 aliphatic rings. The summed E-state index contributed by atoms with van der Waals surface area (Å²) < 4.78 is 42.9. The van der Waals surface area contributed by atoms with Gasteiger partial charge in [0.2, 0.25) is 0 Å². The molecule has 0 N–H and O–H groups in total. The Morgan fingerprint density at radius 1 is 1.18 bits per heavy atom. The first-order valence-corrected chi connectivity index (χ1v) is 5.74. The summed E-state index contributed by atoms with van der Waals surface area (Å²) in [5, 5.41) is 17.7. The highest BCUT2D eigenvalue weighted by molar-refractivity contribution is 6.20. The molecule has 1 aromatic rings. The zero-order chi connectivity index (χ0) is 16.7. The first kappa shape index (κ1) is 15.3. The van der Waals surface area contributed by atoms with Crippen LogP contribution in [0.3, 0.4) is 0 Å². The molecule has 0 aromatic heterocycles. The van der Waals surface area contributed by atoms with Crippen molar-refractivity contribution in [2.24, 2.45) is 0 Å². The highest BCUT2D eigenvalue weighted by Crippen LogP contribution is 2.41. The topological polar surface area (TPSA) is 94.2 Å². The number of amides is 2. The van der Waals surface area contributed by atoms with Crippen LogP contribution in [0, 0.1) is 22.7 Å². The number of cyclic esters (lactones) is 1. The van der Waals surface area contributed by atoms with E-state index in [2.05, 4.69) is 4.74 Å². The Balaban J connectivity index is 2.52. The lowest BCUT2D eigenvalue weighted by Crippen LogP contribution is -2.50. The van der Waals surface area contributed by atoms with E-state index >= 15 is 0 Å². The number of alkyl halides is 3. The molecule has 1 heterocycles. The van der Waals surface area contributed by atoms with E-state index in [1.807, 2.05) is 0 Å². The van der Waals surface area contributed by atoms with Gasteiger partial charge in [-0.05, 0) is 25.1 Å². The van der Waals surface area contributed by atoms with Crippen LogP contribution in [0.15, 0.2) is 18.2 Å². The van der Waals surface area contributed by atoms with Crippen molar-refractivity contribution in [3.8, 4) is 12.1 Å². The third-order valence-electron chi connectivity index (χ3n) is 3.13. The number of imide groups is 1. The second-order valence-corrected chi connectivity index (χ2v) is 4.49. The largest absolute Gasteiger partial charge is 0.437 e. The van der Waals surface area contributed by atoms with Crippen LogP contribution in [0.2, 0.25) is 0 Å². The normalized spacial score (nSPS) is 21.3. The summed E-state index contributed by atoms with van der Waals surface area (Å²) in [5.74, 6) is -1.61. The Labute approximate surface area is 121 Å². The van der Waals surface area contributed by atoms with Gasteiger partial charge in [-0.3, -0.25) is 4.79 Å². The fraction of sp³-hybridized carbons (Fsp3) is 0.231. The van der Waals surface area contributed by atoms with E-state index < -0.39 is 23.8 Å². The molecule has 1 fully saturated rings. The first-order valence-electron chi connectivity index (χ1n) is 5.74. The van der Waals surface area contributed by atoms with Crippen LogP contribution >= 0.6 is 0 Å². The van der Waals surface area contributed by atoms with Crippen LogP contribution in [0.25, 0.3) is 0 Å². The second kappa shape index (κ2) is 4.74. The number of nitrogens with zero attached hydrogens (tertiary/aromatic N) is 3. The fourth-order valence-electron chi connectivity index (χ4n) is 1.82. The number of nitriles is 2. The number of benzene rings is 1. The maximum atomic E-state index is 12.9. The second-order valence-electron chi connectivity index (χ2n) is 4.49. The Kier molecular flexibility index (Phi) is 3.30. The van der Waals surface area contributed by atoms with E-state index in [0.29, 0.717) is 6.92 Å². The van der Waals surface area contributed by atoms with Crippen LogP contribution in [-0.4, -0.2) is 23.8 Å². The summed E-state index contributed by atoms with van der Waals surface area (Å²) >= 11 is 0. The average molecular weight is 309 g/mol. The molecular formula is C13H6F3N3O3. The first-order chi connectivity index (χ1) is 10.2. The number of hydrogen-bond donors (Lipinski definition) is 0. The SMILES string of the molecule is CC1(C(F)(F)F)OC(=O)N(c2ccc(C#N)c(C#N)c2)C1=O. The minimum absolute atomic E-state index is 0.0372. The summed E-state index contributed by atoms with van der Waals surface area (Å²) in [6, 6.07) is 6.54. The number of hydrogen-bond acceptors (Lipinski definition) is 5. The molecule has 6 nitrogen and oxygen atoms in total. The van der Waals surface area contributed by atoms with Crippen molar-refractivity contribution in [2.45, 2.75) is 18.7 Å². The Bertz CT molecular complexity index is 761. The van der Waals surface area contributed by atoms with Gasteiger partial charge in [-0.15, -0.1) is 0 Å². The summed E-state index contributed by atoms with van der Waals surface area (Å²) in [6.07, 6.45) is -6.59. The van der Waals surface area contributed by atoms with E-state index in [4.69, 9.17) is 10.5 Å². The summed E-state index contributed by atoms with van der Waals surface area (Å²) in [6.45, 7) is 0.447. The highest BCUT2D eigenvalue weighted by atomic mass is 19.4. The quantitative estimate of drug-likeness (QED) is 0.793. The van der Waals surface area contributed by atoms with E-state index in [9.17, 15) is 22.8 Å². The molecule has 1 aromatic carbocycles. The molecule has 22 heavy (non-hydrogen) atoms. The maximum Gasteiger partial charge on any atom is 0.437 e. The maximum absolute atomic E-state index is 12.9. The zero-order valence-corrected chi connectivity index (χ0v) is 10.9. The van der Waals surface area contributed by atoms with Gasteiger partial charge >= 0.3 is 12.3 Å². The van der Waals surface area contributed by atoms with Crippen LogP contribution in [0.1, 0.15) is 18.1 Å². The van der Waals surface area contributed by atoms with Crippen molar-refractivity contribution in [3.63, 3.8) is 0 Å². The van der Waals surface area contributed by atoms with Gasteiger partial charge in [-0.2, -0.15) is 23.7 Å². The van der Waals surface area contributed by atoms with Crippen LogP contribution in [0.4, 0.5) is 23.7 Å². The molecule has 1 atom stereocenters. The Morgan fingerprint density at radius 3 is 2.23 bits per heavy atom. The fourth-order valence-corrected chi connectivity index (χ4v) is 1.82. The predicted molar refractivity (Wildman–Crippen MR) is 64.3 cm³/mol. The van der Waals surface area contributed by atoms with Crippen molar-refractivity contribution in [1.29, 1.82) is 10.5 Å². The van der Waals surface area contributed by atoms with Gasteiger partial charge < -0.3 is 4.74 Å². The van der Waals surface area contributed by atoms with Crippen molar-refractivity contribution in [2.75, 3.05) is 4.90 Å². The lowest BCUT2D eigenvalue weighted by molar-refractivity contribution is -0.234. The van der Waals surface area contributed by atoms with Crippen molar-refractivity contribution in [3.05, 3.63) is 29.3 Å². The standard InChI is InChI=1S/C13H6F3N3O3/c1-12(13(14,15)16)10(20)19(11(21)22-12)9-3-2-7(5-17)8(4-9)6-18/h2-4H,1H3. The monoisotopic (exact) mass is 309 g/mol. The molecule has 1 saturated heterocycles. The van der Waals surface area contributed by atoms with E-state index in [1.165, 1.54) is 0 Å². The van der Waals surface area contributed by atoms with E-state index in [0.717, 1.165) is 18.2 Å². The van der Waals surface area contributed by atoms with Gasteiger partial charge in [0.15, 0.2) is 0 Å². The average Bonchev–Trinajstić information content (AvgIpc) is 2.69.